The van der Waals surface area contributed by atoms with E-state index in [2.05, 4.69) is 17.6 Å². The number of halogens is 1. The third kappa shape index (κ3) is 3.20. The van der Waals surface area contributed by atoms with Crippen LogP contribution in [0.1, 0.15) is 18.3 Å². The molecule has 1 heterocycles. The van der Waals surface area contributed by atoms with E-state index >= 15 is 0 Å². The van der Waals surface area contributed by atoms with Crippen molar-refractivity contribution in [1.29, 1.82) is 0 Å². The maximum Gasteiger partial charge on any atom is 0.160 e. The van der Waals surface area contributed by atoms with Crippen molar-refractivity contribution in [3.8, 4) is 11.5 Å². The van der Waals surface area contributed by atoms with Crippen LogP contribution in [0.15, 0.2) is 36.4 Å². The molecule has 0 saturated heterocycles. The molecule has 0 aliphatic rings. The van der Waals surface area contributed by atoms with Crippen LogP contribution >= 0.6 is 11.6 Å². The average molecular weight is 345 g/mol. The number of imidazole rings is 1. The van der Waals surface area contributed by atoms with Gasteiger partial charge in [-0.1, -0.05) is 24.6 Å². The van der Waals surface area contributed by atoms with Gasteiger partial charge in [0.1, 0.15) is 5.82 Å². The van der Waals surface area contributed by atoms with Gasteiger partial charge in [-0.15, -0.1) is 0 Å². The Morgan fingerprint density at radius 2 is 1.83 bits per heavy atom. The largest absolute Gasteiger partial charge is 0.493 e. The highest BCUT2D eigenvalue weighted by atomic mass is 35.5. The quantitative estimate of drug-likeness (QED) is 0.660. The van der Waals surface area contributed by atoms with Crippen molar-refractivity contribution in [2.45, 2.75) is 26.3 Å². The van der Waals surface area contributed by atoms with Crippen LogP contribution in [0.25, 0.3) is 11.0 Å². The van der Waals surface area contributed by atoms with Crippen LogP contribution < -0.4 is 9.47 Å². The standard InChI is InChI=1S/C19H21ClN2O2/c1-4-19-21-15-7-6-14(20)12-16(15)22(19)10-9-13-5-8-17(23-2)18(11-13)24-3/h5-8,11-12H,4,9-10H2,1-3H3. The molecule has 0 saturated carbocycles. The van der Waals surface area contributed by atoms with Gasteiger partial charge in [0, 0.05) is 18.0 Å². The summed E-state index contributed by atoms with van der Waals surface area (Å²) in [5.41, 5.74) is 3.27. The molecule has 0 spiro atoms. The monoisotopic (exact) mass is 344 g/mol. The lowest BCUT2D eigenvalue weighted by Crippen LogP contribution is -2.06. The van der Waals surface area contributed by atoms with E-state index in [0.29, 0.717) is 0 Å². The zero-order chi connectivity index (χ0) is 17.1. The second kappa shape index (κ2) is 7.14. The molecule has 3 rings (SSSR count). The first-order chi connectivity index (χ1) is 11.7. The number of aromatic nitrogens is 2. The highest BCUT2D eigenvalue weighted by Crippen LogP contribution is 2.28. The van der Waals surface area contributed by atoms with Crippen molar-refractivity contribution < 1.29 is 9.47 Å². The Bertz CT molecular complexity index is 858. The topological polar surface area (TPSA) is 36.3 Å². The van der Waals surface area contributed by atoms with Crippen LogP contribution in [0.2, 0.25) is 5.02 Å². The summed E-state index contributed by atoms with van der Waals surface area (Å²) in [5.74, 6) is 2.58. The van der Waals surface area contributed by atoms with Crippen LogP contribution in [0.4, 0.5) is 0 Å². The van der Waals surface area contributed by atoms with Crippen LogP contribution in [0, 0.1) is 0 Å². The zero-order valence-corrected chi connectivity index (χ0v) is 14.9. The average Bonchev–Trinajstić information content (AvgIpc) is 2.96. The van der Waals surface area contributed by atoms with E-state index in [1.807, 2.05) is 30.3 Å². The van der Waals surface area contributed by atoms with Crippen LogP contribution in [-0.4, -0.2) is 23.8 Å². The maximum absolute atomic E-state index is 6.16. The van der Waals surface area contributed by atoms with E-state index in [1.165, 1.54) is 5.56 Å². The van der Waals surface area contributed by atoms with E-state index in [4.69, 9.17) is 26.1 Å². The fourth-order valence-electron chi connectivity index (χ4n) is 2.94. The molecule has 0 bridgehead atoms. The maximum atomic E-state index is 6.16. The number of hydrogen-bond donors (Lipinski definition) is 0. The molecule has 3 aromatic rings. The molecule has 0 aliphatic heterocycles. The Balaban J connectivity index is 1.89. The van der Waals surface area contributed by atoms with Gasteiger partial charge in [0.15, 0.2) is 11.5 Å². The van der Waals surface area contributed by atoms with E-state index in [-0.39, 0.29) is 0 Å². The zero-order valence-electron chi connectivity index (χ0n) is 14.2. The molecule has 0 fully saturated rings. The van der Waals surface area contributed by atoms with Crippen LogP contribution in [-0.2, 0) is 19.4 Å². The highest BCUT2D eigenvalue weighted by Gasteiger charge is 2.11. The fourth-order valence-corrected chi connectivity index (χ4v) is 3.11. The van der Waals surface area contributed by atoms with Gasteiger partial charge in [-0.2, -0.15) is 0 Å². The minimum absolute atomic E-state index is 0.734. The lowest BCUT2D eigenvalue weighted by molar-refractivity contribution is 0.354. The van der Waals surface area contributed by atoms with Gasteiger partial charge in [-0.25, -0.2) is 4.98 Å². The summed E-state index contributed by atoms with van der Waals surface area (Å²) in [7, 11) is 3.30. The molecule has 5 heteroatoms. The molecular weight excluding hydrogens is 324 g/mol. The van der Waals surface area contributed by atoms with Crippen molar-refractivity contribution in [2.24, 2.45) is 0 Å². The summed E-state index contributed by atoms with van der Waals surface area (Å²) >= 11 is 6.16. The lowest BCUT2D eigenvalue weighted by atomic mass is 10.1. The fraction of sp³-hybridized carbons (Fsp3) is 0.316. The van der Waals surface area contributed by atoms with E-state index in [0.717, 1.165) is 52.8 Å². The van der Waals surface area contributed by atoms with Crippen molar-refractivity contribution in [2.75, 3.05) is 14.2 Å². The lowest BCUT2D eigenvalue weighted by Gasteiger charge is -2.11. The first kappa shape index (κ1) is 16.7. The molecular formula is C19H21ClN2O2. The second-order valence-electron chi connectivity index (χ2n) is 5.61. The minimum Gasteiger partial charge on any atom is -0.493 e. The minimum atomic E-state index is 0.734. The smallest absolute Gasteiger partial charge is 0.160 e. The summed E-state index contributed by atoms with van der Waals surface area (Å²) in [6.45, 7) is 2.96. The Kier molecular flexibility index (Phi) is 4.95. The highest BCUT2D eigenvalue weighted by molar-refractivity contribution is 6.31. The van der Waals surface area contributed by atoms with Gasteiger partial charge in [-0.05, 0) is 42.3 Å². The molecule has 4 nitrogen and oxygen atoms in total. The molecule has 0 aliphatic carbocycles. The Morgan fingerprint density at radius 1 is 1.04 bits per heavy atom. The molecule has 1 aromatic heterocycles. The first-order valence-corrected chi connectivity index (χ1v) is 8.39. The Hall–Kier alpha value is -2.20. The van der Waals surface area contributed by atoms with Gasteiger partial charge >= 0.3 is 0 Å². The number of rotatable bonds is 6. The summed E-state index contributed by atoms with van der Waals surface area (Å²) in [4.78, 5) is 4.71. The number of nitrogens with zero attached hydrogens (tertiary/aromatic N) is 2. The van der Waals surface area contributed by atoms with Crippen LogP contribution in [0.3, 0.4) is 0 Å². The van der Waals surface area contributed by atoms with E-state index in [9.17, 15) is 0 Å². The Morgan fingerprint density at radius 3 is 2.54 bits per heavy atom. The molecule has 0 amide bonds. The molecule has 126 valence electrons. The van der Waals surface area contributed by atoms with Crippen LogP contribution in [0.5, 0.6) is 11.5 Å². The number of hydrogen-bond acceptors (Lipinski definition) is 3. The number of benzene rings is 2. The van der Waals surface area contributed by atoms with Crippen molar-refractivity contribution in [1.82, 2.24) is 9.55 Å². The third-order valence-corrected chi connectivity index (χ3v) is 4.41. The number of ether oxygens (including phenoxy) is 2. The summed E-state index contributed by atoms with van der Waals surface area (Å²) in [6, 6.07) is 11.9. The Labute approximate surface area is 147 Å². The van der Waals surface area contributed by atoms with Gasteiger partial charge in [0.2, 0.25) is 0 Å². The number of aryl methyl sites for hydroxylation is 3. The third-order valence-electron chi connectivity index (χ3n) is 4.18. The van der Waals surface area contributed by atoms with Gasteiger partial charge < -0.3 is 14.0 Å². The van der Waals surface area contributed by atoms with E-state index < -0.39 is 0 Å². The van der Waals surface area contributed by atoms with Gasteiger partial charge in [0.25, 0.3) is 0 Å². The molecule has 0 atom stereocenters. The summed E-state index contributed by atoms with van der Waals surface area (Å²) in [6.07, 6.45) is 1.77. The molecule has 0 N–H and O–H groups in total. The van der Waals surface area contributed by atoms with Crippen molar-refractivity contribution >= 4 is 22.6 Å². The van der Waals surface area contributed by atoms with Crippen molar-refractivity contribution in [3.05, 3.63) is 52.8 Å². The normalized spacial score (nSPS) is 11.0. The van der Waals surface area contributed by atoms with Gasteiger partial charge in [-0.3, -0.25) is 0 Å². The summed E-state index contributed by atoms with van der Waals surface area (Å²) < 4.78 is 12.9. The molecule has 24 heavy (non-hydrogen) atoms. The second-order valence-corrected chi connectivity index (χ2v) is 6.04. The number of fused-ring (bicyclic) bond motifs is 1. The first-order valence-electron chi connectivity index (χ1n) is 8.01. The van der Waals surface area contributed by atoms with E-state index in [1.54, 1.807) is 14.2 Å². The number of methoxy groups -OCH3 is 2. The predicted octanol–water partition coefficient (Wildman–Crippen LogP) is 4.51. The SMILES string of the molecule is CCc1nc2ccc(Cl)cc2n1CCc1ccc(OC)c(OC)c1. The van der Waals surface area contributed by atoms with Crippen molar-refractivity contribution in [3.63, 3.8) is 0 Å². The molecule has 2 aromatic carbocycles. The van der Waals surface area contributed by atoms with Gasteiger partial charge in [0.05, 0.1) is 25.3 Å². The molecule has 0 radical (unpaired) electrons. The predicted molar refractivity (Wildman–Crippen MR) is 97.4 cm³/mol. The summed E-state index contributed by atoms with van der Waals surface area (Å²) in [5, 5.41) is 0.734. The molecule has 0 unspecified atom stereocenters.